The van der Waals surface area contributed by atoms with Crippen molar-refractivity contribution in [3.05, 3.63) is 0 Å². The number of unbranched alkanes of at least 4 members (excludes halogenated alkanes) is 12. The molecule has 20 nitrogen and oxygen atoms in total. The van der Waals surface area contributed by atoms with Crippen LogP contribution in [0.1, 0.15) is 136 Å². The Kier molecular flexibility index (Phi) is 38.5. The highest BCUT2D eigenvalue weighted by atomic mass is 16.5. The van der Waals surface area contributed by atoms with Crippen LogP contribution in [0.4, 0.5) is 0 Å². The van der Waals surface area contributed by atoms with Gasteiger partial charge in [0.05, 0.1) is 52.2 Å². The molecule has 0 aliphatic rings. The van der Waals surface area contributed by atoms with E-state index in [1.165, 1.54) is 24.2 Å². The molecule has 0 aliphatic carbocycles. The molecule has 0 spiro atoms. The lowest BCUT2D eigenvalue weighted by atomic mass is 10.0. The lowest BCUT2D eigenvalue weighted by Gasteiger charge is -2.21. The van der Waals surface area contributed by atoms with Crippen LogP contribution in [0.3, 0.4) is 0 Å². The molecule has 376 valence electrons. The summed E-state index contributed by atoms with van der Waals surface area (Å²) in [5, 5.41) is 28.7. The summed E-state index contributed by atoms with van der Waals surface area (Å²) in [6, 6.07) is -1.85. The number of ether oxygens (including phenoxy) is 4. The van der Waals surface area contributed by atoms with Crippen molar-refractivity contribution in [3.8, 4) is 0 Å². The molecule has 2 atom stereocenters. The summed E-state index contributed by atoms with van der Waals surface area (Å²) in [7, 11) is 1.56. The van der Waals surface area contributed by atoms with Crippen LogP contribution in [0, 0.1) is 5.92 Å². The molecule has 0 aliphatic heterocycles. The summed E-state index contributed by atoms with van der Waals surface area (Å²) in [5.41, 5.74) is 5.97. The smallest absolute Gasteiger partial charge is 0.326 e. The van der Waals surface area contributed by atoms with E-state index in [0.29, 0.717) is 32.2 Å². The SMILES string of the molecule is CC(C)C(=O)CN(C)C(=O)[C@H](N)CCCCNC(=O)COCCOCCNC(=O)COCCOCCNC(=O)CC[C@H](NC(=O)CCCCCCCCCCCCCCC(=O)O)C(=O)O. The summed E-state index contributed by atoms with van der Waals surface area (Å²) in [5.74, 6) is -3.71. The van der Waals surface area contributed by atoms with Crippen LogP contribution < -0.4 is 27.0 Å². The molecule has 0 heterocycles. The monoisotopic (exact) mass is 931 g/mol. The largest absolute Gasteiger partial charge is 0.481 e. The predicted molar refractivity (Wildman–Crippen MR) is 243 cm³/mol. The van der Waals surface area contributed by atoms with Gasteiger partial charge in [-0.15, -0.1) is 0 Å². The van der Waals surface area contributed by atoms with Crippen LogP contribution in [0.5, 0.6) is 0 Å². The van der Waals surface area contributed by atoms with E-state index in [1.807, 2.05) is 0 Å². The Balaban J connectivity index is 3.71. The molecule has 5 amide bonds. The molecule has 0 aromatic carbocycles. The fourth-order valence-electron chi connectivity index (χ4n) is 6.23. The van der Waals surface area contributed by atoms with E-state index >= 15 is 0 Å². The molecule has 0 aromatic rings. The molecule has 65 heavy (non-hydrogen) atoms. The number of nitrogens with two attached hydrogens (primary N) is 1. The summed E-state index contributed by atoms with van der Waals surface area (Å²) in [6.07, 6.45) is 14.3. The van der Waals surface area contributed by atoms with Crippen molar-refractivity contribution < 1.29 is 67.5 Å². The van der Waals surface area contributed by atoms with Gasteiger partial charge < -0.3 is 61.1 Å². The quantitative estimate of drug-likeness (QED) is 0.0432. The van der Waals surface area contributed by atoms with Crippen molar-refractivity contribution in [1.82, 2.24) is 26.2 Å². The topological polar surface area (TPSA) is 291 Å². The van der Waals surface area contributed by atoms with Crippen LogP contribution in [0.15, 0.2) is 0 Å². The number of carboxylic acids is 2. The van der Waals surface area contributed by atoms with Crippen LogP contribution in [-0.2, 0) is 57.3 Å². The molecular formula is C45H82N6O14. The first-order valence-corrected chi connectivity index (χ1v) is 23.5. The number of amides is 5. The minimum absolute atomic E-state index is 0.0272. The Morgan fingerprint density at radius 1 is 0.523 bits per heavy atom. The van der Waals surface area contributed by atoms with Gasteiger partial charge in [-0.25, -0.2) is 4.79 Å². The number of carbonyl (C=O) groups excluding carboxylic acids is 6. The van der Waals surface area contributed by atoms with Crippen molar-refractivity contribution in [2.75, 3.05) is 86.1 Å². The second-order valence-corrected chi connectivity index (χ2v) is 16.4. The van der Waals surface area contributed by atoms with E-state index in [-0.39, 0.29) is 139 Å². The van der Waals surface area contributed by atoms with Gasteiger partial charge in [0.25, 0.3) is 0 Å². The van der Waals surface area contributed by atoms with Crippen LogP contribution in [0.2, 0.25) is 0 Å². The maximum absolute atomic E-state index is 12.3. The van der Waals surface area contributed by atoms with Crippen molar-refractivity contribution >= 4 is 47.3 Å². The number of carbonyl (C=O) groups is 8. The first-order chi connectivity index (χ1) is 31.1. The molecule has 0 saturated carbocycles. The molecular weight excluding hydrogens is 849 g/mol. The molecule has 8 N–H and O–H groups in total. The van der Waals surface area contributed by atoms with Gasteiger partial charge in [-0.3, -0.25) is 33.6 Å². The van der Waals surface area contributed by atoms with E-state index in [2.05, 4.69) is 21.3 Å². The normalized spacial score (nSPS) is 12.0. The van der Waals surface area contributed by atoms with Crippen molar-refractivity contribution in [1.29, 1.82) is 0 Å². The Morgan fingerprint density at radius 3 is 1.48 bits per heavy atom. The minimum Gasteiger partial charge on any atom is -0.481 e. The Bertz CT molecular complexity index is 1350. The second kappa shape index (κ2) is 41.2. The van der Waals surface area contributed by atoms with E-state index < -0.39 is 24.0 Å². The first kappa shape index (κ1) is 60.8. The van der Waals surface area contributed by atoms with Gasteiger partial charge in [0.2, 0.25) is 29.5 Å². The van der Waals surface area contributed by atoms with Gasteiger partial charge in [-0.2, -0.15) is 0 Å². The summed E-state index contributed by atoms with van der Waals surface area (Å²) in [6.45, 7) is 5.34. The fourth-order valence-corrected chi connectivity index (χ4v) is 6.23. The lowest BCUT2D eigenvalue weighted by Crippen LogP contribution is -2.44. The number of aliphatic carboxylic acids is 2. The number of hydrogen-bond donors (Lipinski definition) is 7. The second-order valence-electron chi connectivity index (χ2n) is 16.4. The molecule has 20 heteroatoms. The summed E-state index contributed by atoms with van der Waals surface area (Å²) >= 11 is 0. The van der Waals surface area contributed by atoms with Gasteiger partial charge in [0, 0.05) is 51.9 Å². The molecule has 0 fully saturated rings. The number of ketones is 1. The number of Topliss-reactive ketones (excluding diaryl/α,β-unsaturated/α-hetero) is 1. The van der Waals surface area contributed by atoms with E-state index in [9.17, 15) is 43.5 Å². The van der Waals surface area contributed by atoms with Gasteiger partial charge in [-0.1, -0.05) is 78.1 Å². The maximum atomic E-state index is 12.3. The Morgan fingerprint density at radius 2 is 0.985 bits per heavy atom. The zero-order valence-electron chi connectivity index (χ0n) is 39.5. The minimum atomic E-state index is -1.19. The molecule has 0 saturated heterocycles. The van der Waals surface area contributed by atoms with E-state index in [4.69, 9.17) is 29.8 Å². The molecule has 0 aromatic heterocycles. The zero-order chi connectivity index (χ0) is 48.5. The molecule has 0 bridgehead atoms. The number of carboxylic acid groups (broad SMARTS) is 2. The highest BCUT2D eigenvalue weighted by molar-refractivity contribution is 5.89. The molecule has 0 radical (unpaired) electrons. The maximum Gasteiger partial charge on any atom is 0.326 e. The summed E-state index contributed by atoms with van der Waals surface area (Å²) in [4.78, 5) is 96.1. The molecule has 0 rings (SSSR count). The van der Waals surface area contributed by atoms with Crippen molar-refractivity contribution in [2.24, 2.45) is 11.7 Å². The van der Waals surface area contributed by atoms with E-state index in [0.717, 1.165) is 51.4 Å². The highest BCUT2D eigenvalue weighted by Crippen LogP contribution is 2.13. The van der Waals surface area contributed by atoms with Gasteiger partial charge >= 0.3 is 11.9 Å². The molecule has 0 unspecified atom stereocenters. The third-order valence-electron chi connectivity index (χ3n) is 10.2. The van der Waals surface area contributed by atoms with Crippen molar-refractivity contribution in [3.63, 3.8) is 0 Å². The number of nitrogens with one attached hydrogen (secondary N) is 4. The number of likely N-dealkylation sites (N-methyl/N-ethyl adjacent to an activating group) is 1. The van der Waals surface area contributed by atoms with Gasteiger partial charge in [0.15, 0.2) is 5.78 Å². The van der Waals surface area contributed by atoms with Gasteiger partial charge in [0.1, 0.15) is 19.3 Å². The number of nitrogens with zero attached hydrogens (tertiary/aromatic N) is 1. The third-order valence-corrected chi connectivity index (χ3v) is 10.2. The number of hydrogen-bond acceptors (Lipinski definition) is 13. The predicted octanol–water partition coefficient (Wildman–Crippen LogP) is 2.48. The van der Waals surface area contributed by atoms with Crippen LogP contribution in [0.25, 0.3) is 0 Å². The highest BCUT2D eigenvalue weighted by Gasteiger charge is 2.22. The Labute approximate surface area is 385 Å². The first-order valence-electron chi connectivity index (χ1n) is 23.5. The van der Waals surface area contributed by atoms with Crippen LogP contribution >= 0.6 is 0 Å². The van der Waals surface area contributed by atoms with E-state index in [1.54, 1.807) is 20.9 Å². The third kappa shape index (κ3) is 38.7. The summed E-state index contributed by atoms with van der Waals surface area (Å²) < 4.78 is 21.4. The standard InChI is InChI=1S/C45H82N6O14/c1-35(2)38(52)32-51(3)44(59)36(46)18-16-17-23-47-41(55)33-64-30-29-63-27-25-49-42(56)34-65-31-28-62-26-24-48-39(53)22-21-37(45(60)61)50-40(54)19-14-12-10-8-6-4-5-7-9-11-13-15-20-43(57)58/h35-37H,4-34,46H2,1-3H3,(H,47,55)(H,48,53)(H,49,56)(H,50,54)(H,57,58)(H,60,61)/t36-,37+/m1/s1. The van der Waals surface area contributed by atoms with Crippen molar-refractivity contribution in [2.45, 2.75) is 148 Å². The average molecular weight is 931 g/mol. The number of rotatable bonds is 45. The van der Waals surface area contributed by atoms with Gasteiger partial charge in [-0.05, 0) is 38.5 Å². The lowest BCUT2D eigenvalue weighted by molar-refractivity contribution is -0.142. The van der Waals surface area contributed by atoms with Crippen LogP contribution in [-0.4, -0.2) is 161 Å². The Hall–Kier alpha value is -4.24. The fraction of sp³-hybridized carbons (Fsp3) is 0.822. The average Bonchev–Trinajstić information content (AvgIpc) is 3.26. The zero-order valence-corrected chi connectivity index (χ0v) is 39.5.